The molecule has 2 N–H and O–H groups in total. The maximum absolute atomic E-state index is 12.9. The van der Waals surface area contributed by atoms with E-state index in [4.69, 9.17) is 4.74 Å². The standard InChI is InChI=1S/C32H46O4/c1-23(13-10-9-11-18-32-29(5,6)20-26(34)22-31(32,8)36-32)14-12-15-24(2)16-17-27(35)30(7)21-25(33)19-28(30,3)4/h9-18,25-26,33-34H,19-22H2,1-8H3/b10-9+,14-12+,17-16+,18-11+,23-13+,24-15+/t25-,26+,30-,31?,32?/m0/s1. The van der Waals surface area contributed by atoms with Gasteiger partial charge in [0.2, 0.25) is 0 Å². The van der Waals surface area contributed by atoms with Crippen molar-refractivity contribution in [2.24, 2.45) is 16.2 Å². The summed E-state index contributed by atoms with van der Waals surface area (Å²) in [6.07, 6.45) is 21.8. The Morgan fingerprint density at radius 1 is 0.722 bits per heavy atom. The van der Waals surface area contributed by atoms with Crippen LogP contribution in [0.15, 0.2) is 71.9 Å². The molecule has 2 aliphatic carbocycles. The molecule has 3 fully saturated rings. The molecule has 0 spiro atoms. The Balaban J connectivity index is 1.53. The molecule has 1 aliphatic heterocycles. The molecule has 198 valence electrons. The van der Waals surface area contributed by atoms with E-state index in [1.807, 2.05) is 57.2 Å². The summed E-state index contributed by atoms with van der Waals surface area (Å²) in [6.45, 7) is 16.6. The van der Waals surface area contributed by atoms with E-state index < -0.39 is 11.5 Å². The van der Waals surface area contributed by atoms with Crippen molar-refractivity contribution in [3.63, 3.8) is 0 Å². The number of fused-ring (bicyclic) bond motifs is 1. The first-order valence-electron chi connectivity index (χ1n) is 13.2. The van der Waals surface area contributed by atoms with Gasteiger partial charge in [-0.25, -0.2) is 0 Å². The maximum Gasteiger partial charge on any atom is 0.162 e. The van der Waals surface area contributed by atoms with E-state index in [2.05, 4.69) is 52.8 Å². The number of carbonyl (C=O) groups is 1. The van der Waals surface area contributed by atoms with Crippen LogP contribution >= 0.6 is 0 Å². The summed E-state index contributed by atoms with van der Waals surface area (Å²) in [5.41, 5.74) is 0.690. The Morgan fingerprint density at radius 2 is 1.31 bits per heavy atom. The summed E-state index contributed by atoms with van der Waals surface area (Å²) in [4.78, 5) is 12.9. The van der Waals surface area contributed by atoms with Gasteiger partial charge in [0.05, 0.1) is 12.2 Å². The molecule has 36 heavy (non-hydrogen) atoms. The number of carbonyl (C=O) groups excluding carboxylic acids is 1. The van der Waals surface area contributed by atoms with Crippen molar-refractivity contribution in [3.8, 4) is 0 Å². The van der Waals surface area contributed by atoms with Gasteiger partial charge in [0, 0.05) is 17.3 Å². The normalized spacial score (nSPS) is 38.5. The third-order valence-electron chi connectivity index (χ3n) is 9.06. The monoisotopic (exact) mass is 494 g/mol. The first kappa shape index (κ1) is 28.6. The van der Waals surface area contributed by atoms with Gasteiger partial charge < -0.3 is 14.9 Å². The summed E-state index contributed by atoms with van der Waals surface area (Å²) < 4.78 is 6.17. The summed E-state index contributed by atoms with van der Waals surface area (Å²) >= 11 is 0. The predicted molar refractivity (Wildman–Crippen MR) is 147 cm³/mol. The van der Waals surface area contributed by atoms with E-state index in [9.17, 15) is 15.0 Å². The third kappa shape index (κ3) is 5.46. The van der Waals surface area contributed by atoms with Crippen LogP contribution in [-0.4, -0.2) is 39.4 Å². The lowest BCUT2D eigenvalue weighted by molar-refractivity contribution is -0.127. The number of ketones is 1. The fourth-order valence-corrected chi connectivity index (χ4v) is 6.46. The van der Waals surface area contributed by atoms with Crippen LogP contribution in [0.1, 0.15) is 81.1 Å². The third-order valence-corrected chi connectivity index (χ3v) is 9.06. The van der Waals surface area contributed by atoms with Crippen LogP contribution in [0.2, 0.25) is 0 Å². The minimum absolute atomic E-state index is 0.0827. The van der Waals surface area contributed by atoms with Crippen molar-refractivity contribution in [1.82, 2.24) is 0 Å². The van der Waals surface area contributed by atoms with E-state index >= 15 is 0 Å². The van der Waals surface area contributed by atoms with Crippen molar-refractivity contribution in [3.05, 3.63) is 71.9 Å². The van der Waals surface area contributed by atoms with E-state index in [0.29, 0.717) is 19.3 Å². The van der Waals surface area contributed by atoms with Crippen LogP contribution in [0.5, 0.6) is 0 Å². The minimum atomic E-state index is -0.531. The summed E-state index contributed by atoms with van der Waals surface area (Å²) in [6, 6.07) is 0. The first-order valence-corrected chi connectivity index (χ1v) is 13.2. The van der Waals surface area contributed by atoms with E-state index in [1.54, 1.807) is 6.08 Å². The van der Waals surface area contributed by atoms with Crippen molar-refractivity contribution in [1.29, 1.82) is 0 Å². The highest BCUT2D eigenvalue weighted by Crippen LogP contribution is 2.66. The molecule has 0 radical (unpaired) electrons. The van der Waals surface area contributed by atoms with Crippen LogP contribution in [0.4, 0.5) is 0 Å². The quantitative estimate of drug-likeness (QED) is 0.227. The lowest BCUT2D eigenvalue weighted by Crippen LogP contribution is -2.46. The number of rotatable bonds is 8. The second-order valence-electron chi connectivity index (χ2n) is 12.9. The van der Waals surface area contributed by atoms with Gasteiger partial charge >= 0.3 is 0 Å². The number of allylic oxidation sites excluding steroid dienone is 11. The van der Waals surface area contributed by atoms with Crippen LogP contribution in [0.25, 0.3) is 0 Å². The second kappa shape index (κ2) is 10.0. The van der Waals surface area contributed by atoms with Gasteiger partial charge in [0.1, 0.15) is 11.2 Å². The molecule has 2 saturated carbocycles. The zero-order chi connectivity index (χ0) is 27.0. The van der Waals surface area contributed by atoms with Crippen molar-refractivity contribution < 1.29 is 19.7 Å². The fourth-order valence-electron chi connectivity index (χ4n) is 6.46. The molecule has 0 aromatic heterocycles. The van der Waals surface area contributed by atoms with E-state index in [-0.39, 0.29) is 33.9 Å². The van der Waals surface area contributed by atoms with Crippen LogP contribution in [0.3, 0.4) is 0 Å². The second-order valence-corrected chi connectivity index (χ2v) is 12.9. The molecule has 0 amide bonds. The zero-order valence-corrected chi connectivity index (χ0v) is 23.5. The maximum atomic E-state index is 12.9. The molecule has 3 aliphatic rings. The number of aliphatic hydroxyl groups excluding tert-OH is 2. The molecule has 3 rings (SSSR count). The number of hydrogen-bond acceptors (Lipinski definition) is 4. The van der Waals surface area contributed by atoms with E-state index in [0.717, 1.165) is 17.6 Å². The van der Waals surface area contributed by atoms with Crippen LogP contribution in [-0.2, 0) is 9.53 Å². The predicted octanol–water partition coefficient (Wildman–Crippen LogP) is 6.57. The summed E-state index contributed by atoms with van der Waals surface area (Å²) in [5.74, 6) is 0.0827. The average Bonchev–Trinajstić information content (AvgIpc) is 3.28. The molecule has 0 aromatic carbocycles. The minimum Gasteiger partial charge on any atom is -0.393 e. The molecule has 4 heteroatoms. The van der Waals surface area contributed by atoms with Gasteiger partial charge in [-0.2, -0.15) is 0 Å². The van der Waals surface area contributed by atoms with Crippen molar-refractivity contribution in [2.45, 2.75) is 104 Å². The van der Waals surface area contributed by atoms with Crippen LogP contribution in [0, 0.1) is 16.2 Å². The fraction of sp³-hybridized carbons (Fsp3) is 0.594. The molecular weight excluding hydrogens is 448 g/mol. The van der Waals surface area contributed by atoms with Gasteiger partial charge in [-0.05, 0) is 57.6 Å². The van der Waals surface area contributed by atoms with Gasteiger partial charge in [-0.15, -0.1) is 0 Å². The molecule has 0 aromatic rings. The molecule has 5 atom stereocenters. The topological polar surface area (TPSA) is 70.1 Å². The van der Waals surface area contributed by atoms with Crippen LogP contribution < -0.4 is 0 Å². The van der Waals surface area contributed by atoms with Crippen molar-refractivity contribution in [2.75, 3.05) is 0 Å². The number of epoxide rings is 1. The summed E-state index contributed by atoms with van der Waals surface area (Å²) in [7, 11) is 0. The highest BCUT2D eigenvalue weighted by atomic mass is 16.6. The van der Waals surface area contributed by atoms with Gasteiger partial charge in [0.15, 0.2) is 5.78 Å². The molecule has 4 nitrogen and oxygen atoms in total. The number of ether oxygens (including phenoxy) is 1. The molecular formula is C32H46O4. The van der Waals surface area contributed by atoms with Gasteiger partial charge in [-0.1, -0.05) is 94.4 Å². The smallest absolute Gasteiger partial charge is 0.162 e. The Hall–Kier alpha value is -2.01. The molecule has 2 unspecified atom stereocenters. The van der Waals surface area contributed by atoms with Crippen molar-refractivity contribution >= 4 is 5.78 Å². The molecule has 1 saturated heterocycles. The lowest BCUT2D eigenvalue weighted by atomic mass is 9.63. The highest BCUT2D eigenvalue weighted by molar-refractivity contribution is 5.95. The zero-order valence-electron chi connectivity index (χ0n) is 23.5. The Labute approximate surface area is 218 Å². The van der Waals surface area contributed by atoms with E-state index in [1.165, 1.54) is 0 Å². The Kier molecular flexibility index (Phi) is 7.96. The Bertz CT molecular complexity index is 1040. The highest BCUT2D eigenvalue weighted by Gasteiger charge is 2.74. The number of aliphatic hydroxyl groups is 2. The van der Waals surface area contributed by atoms with Gasteiger partial charge in [0.25, 0.3) is 0 Å². The Morgan fingerprint density at radius 3 is 1.92 bits per heavy atom. The average molecular weight is 495 g/mol. The summed E-state index contributed by atoms with van der Waals surface area (Å²) in [5, 5.41) is 20.2. The molecule has 0 bridgehead atoms. The van der Waals surface area contributed by atoms with Gasteiger partial charge in [-0.3, -0.25) is 4.79 Å². The molecule has 1 heterocycles. The SMILES string of the molecule is CC(/C=C/C=C(C)/C=C/C(=O)[C@]1(C)C[C@@H](O)CC1(C)C)=C\C=C\C=C\C12OC1(C)C[C@H](O)CC2(C)C. The first-order chi connectivity index (χ1) is 16.6. The largest absolute Gasteiger partial charge is 0.393 e. The number of hydrogen-bond donors (Lipinski definition) is 2. The lowest BCUT2D eigenvalue weighted by Gasteiger charge is -2.38.